The third-order valence-corrected chi connectivity index (χ3v) is 6.72. The van der Waals surface area contributed by atoms with Crippen LogP contribution in [-0.4, -0.2) is 37.5 Å². The van der Waals surface area contributed by atoms with Crippen molar-refractivity contribution in [3.05, 3.63) is 51.3 Å². The Labute approximate surface area is 164 Å². The normalized spacial score (nSPS) is 18.4. The quantitative estimate of drug-likeness (QED) is 0.551. The third kappa shape index (κ3) is 3.13. The zero-order valence-electron chi connectivity index (χ0n) is 14.6. The fraction of sp³-hybridized carbons (Fsp3) is 0.316. The van der Waals surface area contributed by atoms with E-state index in [1.165, 1.54) is 0 Å². The van der Waals surface area contributed by atoms with Crippen LogP contribution < -0.4 is 4.90 Å². The number of rotatable bonds is 5. The molecule has 4 aromatic heterocycles. The van der Waals surface area contributed by atoms with Gasteiger partial charge in [-0.15, -0.1) is 26.6 Å². The molecule has 1 aliphatic heterocycles. The Hall–Kier alpha value is -2.29. The van der Waals surface area contributed by atoms with Crippen molar-refractivity contribution in [2.45, 2.75) is 31.4 Å². The lowest BCUT2D eigenvalue weighted by atomic mass is 10.1. The zero-order chi connectivity index (χ0) is 18.2. The lowest BCUT2D eigenvalue weighted by Gasteiger charge is -2.27. The van der Waals surface area contributed by atoms with Crippen LogP contribution in [-0.2, 0) is 0 Å². The molecule has 4 aromatic rings. The first kappa shape index (κ1) is 16.9. The number of aliphatic hydroxyl groups excluding tert-OH is 1. The first-order chi connectivity index (χ1) is 13.3. The van der Waals surface area contributed by atoms with Gasteiger partial charge in [0.2, 0.25) is 0 Å². The van der Waals surface area contributed by atoms with Crippen LogP contribution in [0.2, 0.25) is 0 Å². The maximum Gasteiger partial charge on any atom is 0.186 e. The summed E-state index contributed by atoms with van der Waals surface area (Å²) in [6.45, 7) is 0.955. The van der Waals surface area contributed by atoms with Crippen molar-refractivity contribution in [1.82, 2.24) is 19.8 Å². The van der Waals surface area contributed by atoms with Crippen LogP contribution in [0.5, 0.6) is 0 Å². The zero-order valence-corrected chi connectivity index (χ0v) is 16.2. The molecule has 0 bridgehead atoms. The highest BCUT2D eigenvalue weighted by Gasteiger charge is 2.29. The van der Waals surface area contributed by atoms with E-state index in [0.29, 0.717) is 0 Å². The molecule has 6 nitrogen and oxygen atoms in total. The van der Waals surface area contributed by atoms with Gasteiger partial charge < -0.3 is 10.0 Å². The first-order valence-corrected chi connectivity index (χ1v) is 10.8. The maximum absolute atomic E-state index is 10.6. The smallest absolute Gasteiger partial charge is 0.186 e. The van der Waals surface area contributed by atoms with Gasteiger partial charge in [0.05, 0.1) is 6.10 Å². The van der Waals surface area contributed by atoms with Gasteiger partial charge >= 0.3 is 0 Å². The molecule has 1 saturated heterocycles. The van der Waals surface area contributed by atoms with Gasteiger partial charge in [-0.25, -0.2) is 0 Å². The van der Waals surface area contributed by atoms with E-state index in [0.717, 1.165) is 53.5 Å². The molecular formula is C19H19N5OS2. The number of fused-ring (bicyclic) bond motifs is 1. The number of aromatic nitrogens is 4. The minimum atomic E-state index is -0.421. The van der Waals surface area contributed by atoms with Crippen molar-refractivity contribution in [2.24, 2.45) is 0 Å². The summed E-state index contributed by atoms with van der Waals surface area (Å²) in [7, 11) is 0. The third-order valence-electron chi connectivity index (χ3n) is 5.07. The summed E-state index contributed by atoms with van der Waals surface area (Å²) in [4.78, 5) is 3.34. The van der Waals surface area contributed by atoms with E-state index in [1.807, 2.05) is 45.6 Å². The lowest BCUT2D eigenvalue weighted by molar-refractivity contribution is 0.161. The molecule has 1 aliphatic rings. The van der Waals surface area contributed by atoms with Gasteiger partial charge in [0.15, 0.2) is 11.5 Å². The minimum Gasteiger partial charge on any atom is -0.387 e. The van der Waals surface area contributed by atoms with E-state index in [2.05, 4.69) is 20.5 Å². The maximum atomic E-state index is 10.6. The summed E-state index contributed by atoms with van der Waals surface area (Å²) in [5.41, 5.74) is 1.78. The van der Waals surface area contributed by atoms with Crippen LogP contribution in [0.4, 0.5) is 5.82 Å². The van der Waals surface area contributed by atoms with Crippen molar-refractivity contribution >= 4 is 34.1 Å². The van der Waals surface area contributed by atoms with Gasteiger partial charge in [0, 0.05) is 28.4 Å². The Kier molecular flexibility index (Phi) is 4.39. The molecule has 0 aromatic carbocycles. The molecule has 1 N–H and O–H groups in total. The molecule has 5 heterocycles. The number of thiophene rings is 2. The van der Waals surface area contributed by atoms with Crippen molar-refractivity contribution in [3.8, 4) is 11.4 Å². The summed E-state index contributed by atoms with van der Waals surface area (Å²) in [6, 6.07) is 10.3. The number of anilines is 1. The molecule has 1 fully saturated rings. The van der Waals surface area contributed by atoms with Crippen LogP contribution >= 0.6 is 22.7 Å². The number of nitrogens with zero attached hydrogens (tertiary/aromatic N) is 5. The van der Waals surface area contributed by atoms with Crippen molar-refractivity contribution in [1.29, 1.82) is 0 Å². The highest BCUT2D eigenvalue weighted by atomic mass is 32.1. The number of aliphatic hydroxyl groups is 1. The predicted octanol–water partition coefficient (Wildman–Crippen LogP) is 4.01. The second kappa shape index (κ2) is 7.03. The van der Waals surface area contributed by atoms with E-state index in [1.54, 1.807) is 22.7 Å². The van der Waals surface area contributed by atoms with Crippen molar-refractivity contribution in [3.63, 3.8) is 0 Å². The molecule has 138 valence electrons. The Bertz CT molecular complexity index is 1030. The second-order valence-electron chi connectivity index (χ2n) is 6.75. The van der Waals surface area contributed by atoms with Crippen molar-refractivity contribution < 1.29 is 5.11 Å². The SMILES string of the molecule is OC(CC1CCCN1c1ccc2nnc(-c3ccsc3)n2n1)c1cccs1. The molecule has 27 heavy (non-hydrogen) atoms. The van der Waals surface area contributed by atoms with Gasteiger partial charge in [-0.05, 0) is 54.3 Å². The summed E-state index contributed by atoms with van der Waals surface area (Å²) >= 11 is 3.25. The predicted molar refractivity (Wildman–Crippen MR) is 108 cm³/mol. The molecule has 0 spiro atoms. The Morgan fingerprint density at radius 2 is 2.15 bits per heavy atom. The largest absolute Gasteiger partial charge is 0.387 e. The van der Waals surface area contributed by atoms with Gasteiger partial charge in [-0.2, -0.15) is 15.9 Å². The summed E-state index contributed by atoms with van der Waals surface area (Å²) < 4.78 is 1.82. The van der Waals surface area contributed by atoms with Gasteiger partial charge in [0.1, 0.15) is 5.82 Å². The molecule has 8 heteroatoms. The Morgan fingerprint density at radius 1 is 1.19 bits per heavy atom. The van der Waals surface area contributed by atoms with Gasteiger partial charge in [0.25, 0.3) is 0 Å². The van der Waals surface area contributed by atoms with E-state index < -0.39 is 6.10 Å². The fourth-order valence-corrected chi connectivity index (χ4v) is 5.10. The Balaban J connectivity index is 1.44. The van der Waals surface area contributed by atoms with Crippen LogP contribution in [0.3, 0.4) is 0 Å². The molecule has 0 saturated carbocycles. The minimum absolute atomic E-state index is 0.285. The second-order valence-corrected chi connectivity index (χ2v) is 8.51. The molecule has 0 aliphatic carbocycles. The fourth-order valence-electron chi connectivity index (χ4n) is 3.74. The summed E-state index contributed by atoms with van der Waals surface area (Å²) in [5, 5.41) is 30.1. The standard InChI is InChI=1S/C19H19N5OS2/c25-15(16-4-2-9-27-16)11-14-3-1-8-23(14)18-6-5-17-20-21-19(24(17)22-18)13-7-10-26-12-13/h2,4-7,9-10,12,14-15,25H,1,3,8,11H2. The highest BCUT2D eigenvalue weighted by molar-refractivity contribution is 7.10. The number of hydrogen-bond acceptors (Lipinski definition) is 7. The highest BCUT2D eigenvalue weighted by Crippen LogP contribution is 2.32. The average Bonchev–Trinajstić information content (AvgIpc) is 3.47. The molecule has 5 rings (SSSR count). The lowest BCUT2D eigenvalue weighted by Crippen LogP contribution is -2.31. The first-order valence-electron chi connectivity index (χ1n) is 9.03. The van der Waals surface area contributed by atoms with Crippen LogP contribution in [0.25, 0.3) is 17.0 Å². The molecule has 2 atom stereocenters. The van der Waals surface area contributed by atoms with Gasteiger partial charge in [-0.3, -0.25) is 0 Å². The van der Waals surface area contributed by atoms with Crippen LogP contribution in [0.15, 0.2) is 46.5 Å². The van der Waals surface area contributed by atoms with Crippen LogP contribution in [0, 0.1) is 0 Å². The average molecular weight is 398 g/mol. The summed E-state index contributed by atoms with van der Waals surface area (Å²) in [6.07, 6.45) is 2.48. The van der Waals surface area contributed by atoms with E-state index >= 15 is 0 Å². The summed E-state index contributed by atoms with van der Waals surface area (Å²) in [5.74, 6) is 1.68. The number of hydrogen-bond donors (Lipinski definition) is 1. The van der Waals surface area contributed by atoms with E-state index in [-0.39, 0.29) is 6.04 Å². The molecular weight excluding hydrogens is 378 g/mol. The van der Waals surface area contributed by atoms with Crippen LogP contribution in [0.1, 0.15) is 30.2 Å². The topological polar surface area (TPSA) is 66.5 Å². The molecule has 2 unspecified atom stereocenters. The van der Waals surface area contributed by atoms with E-state index in [9.17, 15) is 5.11 Å². The molecule has 0 radical (unpaired) electrons. The Morgan fingerprint density at radius 3 is 2.96 bits per heavy atom. The molecule has 0 amide bonds. The van der Waals surface area contributed by atoms with Crippen molar-refractivity contribution in [2.75, 3.05) is 11.4 Å². The monoisotopic (exact) mass is 397 g/mol. The van der Waals surface area contributed by atoms with E-state index in [4.69, 9.17) is 5.10 Å². The van der Waals surface area contributed by atoms with Gasteiger partial charge in [-0.1, -0.05) is 6.07 Å².